The molecule has 230 valence electrons. The summed E-state index contributed by atoms with van der Waals surface area (Å²) in [7, 11) is 0. The standard InChI is InChI=1S/C28H31Cl2F2N7O4/c1-4-42-26(43-5-2)14-38(27(40)36-25-9-6-19(29)10-23(25)30)21-12-34-39(13-21)18(3)28(41,15-37-17-33-16-35-37)22-8-7-20(31)11-24(22)32/h6-13,16-18,26,41H,4-5,14-15H2,1-3H3,(H,36,40). The Hall–Kier alpha value is -3.62. The maximum Gasteiger partial charge on any atom is 0.326 e. The number of hydrogen-bond donors (Lipinski definition) is 2. The largest absolute Gasteiger partial charge is 0.381 e. The number of hydrogen-bond acceptors (Lipinski definition) is 7. The third-order valence-electron chi connectivity index (χ3n) is 6.71. The molecule has 0 fully saturated rings. The molecule has 2 aromatic carbocycles. The van der Waals surface area contributed by atoms with Gasteiger partial charge in [-0.2, -0.15) is 10.2 Å². The van der Waals surface area contributed by atoms with Crippen LogP contribution in [-0.2, 0) is 21.6 Å². The molecule has 0 saturated carbocycles. The lowest BCUT2D eigenvalue weighted by Crippen LogP contribution is -2.42. The highest BCUT2D eigenvalue weighted by Crippen LogP contribution is 2.37. The van der Waals surface area contributed by atoms with Crippen LogP contribution < -0.4 is 10.2 Å². The molecule has 2 heterocycles. The summed E-state index contributed by atoms with van der Waals surface area (Å²) >= 11 is 12.3. The van der Waals surface area contributed by atoms with Gasteiger partial charge in [-0.05, 0) is 45.0 Å². The number of carbonyl (C=O) groups excluding carboxylic acids is 1. The molecule has 15 heteroatoms. The topological polar surface area (TPSA) is 120 Å². The van der Waals surface area contributed by atoms with Crippen molar-refractivity contribution in [1.82, 2.24) is 24.5 Å². The normalized spacial score (nSPS) is 13.6. The summed E-state index contributed by atoms with van der Waals surface area (Å²) in [5.41, 5.74) is -1.52. The van der Waals surface area contributed by atoms with E-state index < -0.39 is 35.6 Å². The highest BCUT2D eigenvalue weighted by Gasteiger charge is 2.41. The van der Waals surface area contributed by atoms with Gasteiger partial charge in [0.15, 0.2) is 6.29 Å². The summed E-state index contributed by atoms with van der Waals surface area (Å²) < 4.78 is 42.9. The second-order valence-electron chi connectivity index (χ2n) is 9.50. The number of nitrogens with zero attached hydrogens (tertiary/aromatic N) is 6. The predicted molar refractivity (Wildman–Crippen MR) is 157 cm³/mol. The Morgan fingerprint density at radius 3 is 2.51 bits per heavy atom. The van der Waals surface area contributed by atoms with Crippen molar-refractivity contribution >= 4 is 40.6 Å². The van der Waals surface area contributed by atoms with Crippen LogP contribution in [0.1, 0.15) is 32.4 Å². The molecule has 11 nitrogen and oxygen atoms in total. The molecule has 43 heavy (non-hydrogen) atoms. The van der Waals surface area contributed by atoms with Crippen LogP contribution in [0.3, 0.4) is 0 Å². The first kappa shape index (κ1) is 32.3. The molecule has 2 amide bonds. The molecule has 2 atom stereocenters. The van der Waals surface area contributed by atoms with E-state index in [9.17, 15) is 14.3 Å². The molecular formula is C28H31Cl2F2N7O4. The van der Waals surface area contributed by atoms with Crippen molar-refractivity contribution in [2.24, 2.45) is 0 Å². The van der Waals surface area contributed by atoms with Crippen LogP contribution in [0.5, 0.6) is 0 Å². The molecule has 4 rings (SSSR count). The van der Waals surface area contributed by atoms with Crippen molar-refractivity contribution in [3.05, 3.63) is 88.7 Å². The van der Waals surface area contributed by atoms with Crippen LogP contribution in [-0.4, -0.2) is 61.7 Å². The molecular weight excluding hydrogens is 607 g/mol. The average molecular weight is 639 g/mol. The van der Waals surface area contributed by atoms with E-state index in [1.807, 2.05) is 0 Å². The molecule has 0 bridgehead atoms. The van der Waals surface area contributed by atoms with Crippen molar-refractivity contribution in [2.45, 2.75) is 45.2 Å². The van der Waals surface area contributed by atoms with Gasteiger partial charge in [0, 0.05) is 36.1 Å². The first-order chi connectivity index (χ1) is 20.5. The number of benzene rings is 2. The SMILES string of the molecule is CCOC(CN(C(=O)Nc1ccc(Cl)cc1Cl)c1cnn(C(C)C(O)(Cn2cncn2)c2ccc(F)cc2F)c1)OCC. The summed E-state index contributed by atoms with van der Waals surface area (Å²) in [5, 5.41) is 23.8. The second kappa shape index (κ2) is 14.2. The molecule has 0 spiro atoms. The Bertz CT molecular complexity index is 1520. The Balaban J connectivity index is 1.70. The van der Waals surface area contributed by atoms with E-state index >= 15 is 4.39 Å². The summed E-state index contributed by atoms with van der Waals surface area (Å²) in [6.07, 6.45) is 4.78. The van der Waals surface area contributed by atoms with Gasteiger partial charge in [-0.3, -0.25) is 9.58 Å². The van der Waals surface area contributed by atoms with Crippen LogP contribution in [0, 0.1) is 11.6 Å². The van der Waals surface area contributed by atoms with Crippen molar-refractivity contribution in [3.63, 3.8) is 0 Å². The second-order valence-corrected chi connectivity index (χ2v) is 10.3. The minimum Gasteiger partial charge on any atom is -0.381 e. The van der Waals surface area contributed by atoms with Gasteiger partial charge in [0.1, 0.15) is 29.9 Å². The minimum atomic E-state index is -1.97. The maximum atomic E-state index is 15.1. The van der Waals surface area contributed by atoms with E-state index in [2.05, 4.69) is 20.5 Å². The number of aromatic nitrogens is 5. The zero-order valence-corrected chi connectivity index (χ0v) is 25.1. The van der Waals surface area contributed by atoms with Crippen molar-refractivity contribution in [3.8, 4) is 0 Å². The van der Waals surface area contributed by atoms with Crippen molar-refractivity contribution in [1.29, 1.82) is 0 Å². The predicted octanol–water partition coefficient (Wildman–Crippen LogP) is 5.65. The molecule has 0 aliphatic heterocycles. The number of anilines is 2. The van der Waals surface area contributed by atoms with Crippen LogP contribution in [0.15, 0.2) is 61.4 Å². The number of nitrogens with one attached hydrogen (secondary N) is 1. The third-order valence-corrected chi connectivity index (χ3v) is 7.26. The Morgan fingerprint density at radius 1 is 1.14 bits per heavy atom. The third kappa shape index (κ3) is 7.67. The first-order valence-corrected chi connectivity index (χ1v) is 14.1. The summed E-state index contributed by atoms with van der Waals surface area (Å²) in [5.74, 6) is -1.74. The van der Waals surface area contributed by atoms with E-state index in [1.54, 1.807) is 32.9 Å². The Morgan fingerprint density at radius 2 is 1.88 bits per heavy atom. The highest BCUT2D eigenvalue weighted by atomic mass is 35.5. The van der Waals surface area contributed by atoms with E-state index in [0.717, 1.165) is 6.07 Å². The van der Waals surface area contributed by atoms with Crippen molar-refractivity contribution < 1.29 is 28.2 Å². The van der Waals surface area contributed by atoms with Gasteiger partial charge in [-0.1, -0.05) is 29.3 Å². The lowest BCUT2D eigenvalue weighted by Gasteiger charge is -2.35. The fourth-order valence-corrected chi connectivity index (χ4v) is 4.95. The average Bonchev–Trinajstić information content (AvgIpc) is 3.65. The van der Waals surface area contributed by atoms with Gasteiger partial charge in [0.05, 0.1) is 41.7 Å². The van der Waals surface area contributed by atoms with Crippen LogP contribution >= 0.6 is 23.2 Å². The molecule has 0 aliphatic rings. The molecule has 4 aromatic rings. The zero-order valence-electron chi connectivity index (χ0n) is 23.6. The molecule has 2 unspecified atom stereocenters. The van der Waals surface area contributed by atoms with Gasteiger partial charge in [-0.15, -0.1) is 0 Å². The van der Waals surface area contributed by atoms with E-state index in [4.69, 9.17) is 32.7 Å². The molecule has 2 aromatic heterocycles. The maximum absolute atomic E-state index is 15.1. The number of ether oxygens (including phenoxy) is 2. The summed E-state index contributed by atoms with van der Waals surface area (Å²) in [6.45, 7) is 5.60. The molecule has 0 radical (unpaired) electrons. The monoisotopic (exact) mass is 637 g/mol. The fraction of sp³-hybridized carbons (Fsp3) is 0.357. The lowest BCUT2D eigenvalue weighted by molar-refractivity contribution is -0.128. The van der Waals surface area contributed by atoms with Crippen LogP contribution in [0.2, 0.25) is 10.0 Å². The van der Waals surface area contributed by atoms with E-state index in [1.165, 1.54) is 51.4 Å². The molecule has 0 aliphatic carbocycles. The lowest BCUT2D eigenvalue weighted by atomic mass is 9.86. The number of urea groups is 1. The highest BCUT2D eigenvalue weighted by molar-refractivity contribution is 6.36. The van der Waals surface area contributed by atoms with Gasteiger partial charge in [0.2, 0.25) is 0 Å². The zero-order chi connectivity index (χ0) is 31.1. The number of carbonyl (C=O) groups is 1. The quantitative estimate of drug-likeness (QED) is 0.182. The molecule has 2 N–H and O–H groups in total. The number of rotatable bonds is 13. The Kier molecular flexibility index (Phi) is 10.7. The summed E-state index contributed by atoms with van der Waals surface area (Å²) in [6, 6.07) is 6.04. The Labute approximate surface area is 256 Å². The number of amides is 2. The van der Waals surface area contributed by atoms with Crippen molar-refractivity contribution in [2.75, 3.05) is 30.0 Å². The minimum absolute atomic E-state index is 0.0331. The number of halogens is 4. The van der Waals surface area contributed by atoms with Gasteiger partial charge in [-0.25, -0.2) is 23.2 Å². The van der Waals surface area contributed by atoms with Gasteiger partial charge < -0.3 is 19.9 Å². The van der Waals surface area contributed by atoms with E-state index in [0.29, 0.717) is 35.7 Å². The molecule has 0 saturated heterocycles. The van der Waals surface area contributed by atoms with Crippen LogP contribution in [0.4, 0.5) is 25.0 Å². The summed E-state index contributed by atoms with van der Waals surface area (Å²) in [4.78, 5) is 18.8. The number of aliphatic hydroxyl groups is 1. The van der Waals surface area contributed by atoms with Gasteiger partial charge >= 0.3 is 6.03 Å². The fourth-order valence-electron chi connectivity index (χ4n) is 4.50. The van der Waals surface area contributed by atoms with Crippen LogP contribution in [0.25, 0.3) is 0 Å². The van der Waals surface area contributed by atoms with Gasteiger partial charge in [0.25, 0.3) is 0 Å². The smallest absolute Gasteiger partial charge is 0.326 e. The first-order valence-electron chi connectivity index (χ1n) is 13.4. The van der Waals surface area contributed by atoms with E-state index in [-0.39, 0.29) is 23.7 Å².